The first-order valence-electron chi connectivity index (χ1n) is 3.99. The third kappa shape index (κ3) is 2.94. The molecule has 0 saturated heterocycles. The van der Waals surface area contributed by atoms with Gasteiger partial charge in [-0.3, -0.25) is 0 Å². The Morgan fingerprint density at radius 1 is 1.54 bits per heavy atom. The third-order valence-corrected chi connectivity index (χ3v) is 2.40. The zero-order chi connectivity index (χ0) is 9.84. The van der Waals surface area contributed by atoms with Crippen molar-refractivity contribution in [3.8, 4) is 0 Å². The number of benzene rings is 1. The molecule has 1 aromatic rings. The maximum atomic E-state index is 13.0. The van der Waals surface area contributed by atoms with Gasteiger partial charge in [0.25, 0.3) is 0 Å². The van der Waals surface area contributed by atoms with E-state index >= 15 is 0 Å². The Labute approximate surface area is 85.6 Å². The summed E-state index contributed by atoms with van der Waals surface area (Å²) in [5.74, 6) is -0.258. The van der Waals surface area contributed by atoms with Gasteiger partial charge in [0.1, 0.15) is 5.82 Å². The van der Waals surface area contributed by atoms with Crippen molar-refractivity contribution in [2.45, 2.75) is 13.0 Å². The van der Waals surface area contributed by atoms with Crippen LogP contribution in [0.25, 0.3) is 6.08 Å². The molecule has 0 aliphatic heterocycles. The zero-order valence-electron chi connectivity index (χ0n) is 7.30. The van der Waals surface area contributed by atoms with E-state index < -0.39 is 0 Å². The van der Waals surface area contributed by atoms with Crippen LogP contribution in [0.3, 0.4) is 0 Å². The summed E-state index contributed by atoms with van der Waals surface area (Å²) in [7, 11) is 0. The second-order valence-corrected chi connectivity index (χ2v) is 3.65. The van der Waals surface area contributed by atoms with Crippen LogP contribution in [0.4, 0.5) is 4.39 Å². The van der Waals surface area contributed by atoms with Gasteiger partial charge in [-0.05, 0) is 34.5 Å². The van der Waals surface area contributed by atoms with E-state index in [-0.39, 0.29) is 11.9 Å². The van der Waals surface area contributed by atoms with Crippen LogP contribution >= 0.6 is 15.9 Å². The lowest BCUT2D eigenvalue weighted by atomic mass is 10.2. The van der Waals surface area contributed by atoms with Gasteiger partial charge in [-0.25, -0.2) is 4.39 Å². The van der Waals surface area contributed by atoms with Gasteiger partial charge in [0.2, 0.25) is 0 Å². The Morgan fingerprint density at radius 3 is 2.85 bits per heavy atom. The van der Waals surface area contributed by atoms with E-state index in [2.05, 4.69) is 15.9 Å². The minimum absolute atomic E-state index is 0.0184. The molecule has 0 aliphatic rings. The molecule has 0 amide bonds. The highest BCUT2D eigenvalue weighted by Crippen LogP contribution is 2.21. The van der Waals surface area contributed by atoms with Gasteiger partial charge in [0.05, 0.1) is 4.47 Å². The van der Waals surface area contributed by atoms with E-state index in [9.17, 15) is 4.39 Å². The molecule has 0 heterocycles. The van der Waals surface area contributed by atoms with Crippen LogP contribution in [0.15, 0.2) is 28.7 Å². The number of halogens is 2. The molecule has 3 heteroatoms. The van der Waals surface area contributed by atoms with Gasteiger partial charge in [-0.15, -0.1) is 0 Å². The summed E-state index contributed by atoms with van der Waals surface area (Å²) >= 11 is 3.16. The van der Waals surface area contributed by atoms with Gasteiger partial charge in [-0.2, -0.15) is 0 Å². The molecule has 13 heavy (non-hydrogen) atoms. The second-order valence-electron chi connectivity index (χ2n) is 2.86. The molecule has 1 atom stereocenters. The largest absolute Gasteiger partial charge is 0.325 e. The van der Waals surface area contributed by atoms with Crippen LogP contribution in [0.2, 0.25) is 0 Å². The van der Waals surface area contributed by atoms with Gasteiger partial charge in [-0.1, -0.05) is 24.3 Å². The molecule has 0 fully saturated rings. The van der Waals surface area contributed by atoms with Gasteiger partial charge >= 0.3 is 0 Å². The minimum Gasteiger partial charge on any atom is -0.325 e. The van der Waals surface area contributed by atoms with E-state index in [4.69, 9.17) is 5.73 Å². The molecular weight excluding hydrogens is 233 g/mol. The monoisotopic (exact) mass is 243 g/mol. The minimum atomic E-state index is -0.258. The van der Waals surface area contributed by atoms with Crippen molar-refractivity contribution < 1.29 is 4.39 Å². The predicted molar refractivity (Wildman–Crippen MR) is 56.8 cm³/mol. The average molecular weight is 244 g/mol. The fourth-order valence-corrected chi connectivity index (χ4v) is 1.30. The Balaban J connectivity index is 2.95. The normalized spacial score (nSPS) is 13.5. The Kier molecular flexibility index (Phi) is 3.63. The number of rotatable bonds is 2. The Bertz CT molecular complexity index is 321. The van der Waals surface area contributed by atoms with Crippen LogP contribution in [0.1, 0.15) is 12.5 Å². The highest BCUT2D eigenvalue weighted by molar-refractivity contribution is 9.10. The van der Waals surface area contributed by atoms with E-state index in [1.165, 1.54) is 6.07 Å². The predicted octanol–water partition coefficient (Wildman–Crippen LogP) is 2.95. The maximum Gasteiger partial charge on any atom is 0.137 e. The van der Waals surface area contributed by atoms with Crippen LogP contribution in [0.5, 0.6) is 0 Å². The fourth-order valence-electron chi connectivity index (χ4n) is 0.905. The van der Waals surface area contributed by atoms with E-state index in [1.807, 2.05) is 19.1 Å². The standard InChI is InChI=1S/C10H11BrFN/c1-7(13)5-6-8-3-2-4-9(12)10(8)11/h2-7H,13H2,1H3/b6-5+. The molecule has 0 spiro atoms. The molecule has 1 unspecified atom stereocenters. The van der Waals surface area contributed by atoms with Crippen LogP contribution in [-0.2, 0) is 0 Å². The van der Waals surface area contributed by atoms with Crippen molar-refractivity contribution in [1.82, 2.24) is 0 Å². The topological polar surface area (TPSA) is 26.0 Å². The first-order chi connectivity index (χ1) is 6.11. The quantitative estimate of drug-likeness (QED) is 0.850. The fraction of sp³-hybridized carbons (Fsp3) is 0.200. The van der Waals surface area contributed by atoms with Gasteiger partial charge in [0.15, 0.2) is 0 Å². The van der Waals surface area contributed by atoms with Gasteiger partial charge in [0, 0.05) is 6.04 Å². The maximum absolute atomic E-state index is 13.0. The molecule has 1 aromatic carbocycles. The van der Waals surface area contributed by atoms with Crippen molar-refractivity contribution in [2.24, 2.45) is 5.73 Å². The number of hydrogen-bond donors (Lipinski definition) is 1. The van der Waals surface area contributed by atoms with Crippen LogP contribution in [0, 0.1) is 5.82 Å². The summed E-state index contributed by atoms with van der Waals surface area (Å²) in [5, 5.41) is 0. The molecular formula is C10H11BrFN. The smallest absolute Gasteiger partial charge is 0.137 e. The SMILES string of the molecule is CC(N)/C=C/c1cccc(F)c1Br. The van der Waals surface area contributed by atoms with Crippen molar-refractivity contribution in [3.63, 3.8) is 0 Å². The summed E-state index contributed by atoms with van der Waals surface area (Å²) in [5.41, 5.74) is 6.34. The van der Waals surface area contributed by atoms with Crippen molar-refractivity contribution >= 4 is 22.0 Å². The highest BCUT2D eigenvalue weighted by Gasteiger charge is 2.01. The molecule has 0 saturated carbocycles. The molecule has 70 valence electrons. The first-order valence-corrected chi connectivity index (χ1v) is 4.78. The Hall–Kier alpha value is -0.670. The van der Waals surface area contributed by atoms with Crippen molar-refractivity contribution in [1.29, 1.82) is 0 Å². The molecule has 0 aromatic heterocycles. The summed E-state index contributed by atoms with van der Waals surface area (Å²) in [6.07, 6.45) is 3.62. The molecule has 1 rings (SSSR count). The molecule has 0 bridgehead atoms. The summed E-state index contributed by atoms with van der Waals surface area (Å²) in [6.45, 7) is 1.86. The molecule has 0 radical (unpaired) electrons. The third-order valence-electron chi connectivity index (χ3n) is 1.56. The van der Waals surface area contributed by atoms with Gasteiger partial charge < -0.3 is 5.73 Å². The van der Waals surface area contributed by atoms with Crippen molar-refractivity contribution in [3.05, 3.63) is 40.1 Å². The second kappa shape index (κ2) is 4.53. The summed E-state index contributed by atoms with van der Waals surface area (Å²) in [4.78, 5) is 0. The molecule has 2 N–H and O–H groups in total. The first kappa shape index (κ1) is 10.4. The number of hydrogen-bond acceptors (Lipinski definition) is 1. The molecule has 1 nitrogen and oxygen atoms in total. The van der Waals surface area contributed by atoms with E-state index in [0.717, 1.165) is 5.56 Å². The summed E-state index contributed by atoms with van der Waals surface area (Å²) in [6, 6.07) is 4.88. The van der Waals surface area contributed by atoms with Crippen molar-refractivity contribution in [2.75, 3.05) is 0 Å². The zero-order valence-corrected chi connectivity index (χ0v) is 8.88. The van der Waals surface area contributed by atoms with E-state index in [1.54, 1.807) is 12.1 Å². The van der Waals surface area contributed by atoms with Crippen LogP contribution < -0.4 is 5.73 Å². The lowest BCUT2D eigenvalue weighted by molar-refractivity contribution is 0.620. The molecule has 0 aliphatic carbocycles. The lowest BCUT2D eigenvalue weighted by Crippen LogP contribution is -2.09. The summed E-state index contributed by atoms with van der Waals surface area (Å²) < 4.78 is 13.5. The Morgan fingerprint density at radius 2 is 2.23 bits per heavy atom. The average Bonchev–Trinajstić information content (AvgIpc) is 2.07. The van der Waals surface area contributed by atoms with Crippen LogP contribution in [-0.4, -0.2) is 6.04 Å². The van der Waals surface area contributed by atoms with E-state index in [0.29, 0.717) is 4.47 Å². The lowest BCUT2D eigenvalue weighted by Gasteiger charge is -2.00. The number of nitrogens with two attached hydrogens (primary N) is 1. The highest BCUT2D eigenvalue weighted by atomic mass is 79.9.